The molecule has 0 unspecified atom stereocenters. The first-order valence-electron chi connectivity index (χ1n) is 13.2. The Bertz CT molecular complexity index is 1470. The molecule has 38 heavy (non-hydrogen) atoms. The first kappa shape index (κ1) is 24.8. The maximum absolute atomic E-state index is 14.0. The van der Waals surface area contributed by atoms with Crippen LogP contribution >= 0.6 is 34.5 Å². The molecule has 198 valence electrons. The van der Waals surface area contributed by atoms with E-state index in [0.29, 0.717) is 51.1 Å². The number of fused-ring (bicyclic) bond motifs is 4. The number of benzene rings is 2. The first-order chi connectivity index (χ1) is 18.4. The third-order valence-corrected chi connectivity index (χ3v) is 10.2. The summed E-state index contributed by atoms with van der Waals surface area (Å²) in [4.78, 5) is 4.38. The Kier molecular flexibility index (Phi) is 6.19. The average molecular weight is 574 g/mol. The van der Waals surface area contributed by atoms with E-state index in [9.17, 15) is 4.39 Å². The molecule has 0 saturated heterocycles. The van der Waals surface area contributed by atoms with Gasteiger partial charge < -0.3 is 14.0 Å². The lowest BCUT2D eigenvalue weighted by molar-refractivity contribution is -0.150. The molecule has 8 rings (SSSR count). The molecule has 2 heterocycles. The van der Waals surface area contributed by atoms with E-state index in [1.165, 1.54) is 17.4 Å². The largest absolute Gasteiger partial charge is 0.469 e. The Morgan fingerprint density at radius 1 is 1.00 bits per heavy atom. The van der Waals surface area contributed by atoms with Crippen molar-refractivity contribution >= 4 is 44.8 Å². The summed E-state index contributed by atoms with van der Waals surface area (Å²) in [5.41, 5.74) is 2.74. The molecular weight excluding hydrogens is 546 g/mol. The van der Waals surface area contributed by atoms with Gasteiger partial charge in [-0.05, 0) is 75.6 Å². The van der Waals surface area contributed by atoms with Crippen molar-refractivity contribution in [3.05, 3.63) is 63.6 Å². The summed E-state index contributed by atoms with van der Waals surface area (Å²) < 4.78 is 33.6. The first-order valence-corrected chi connectivity index (χ1v) is 14.8. The van der Waals surface area contributed by atoms with E-state index in [1.54, 1.807) is 6.07 Å². The highest BCUT2D eigenvalue weighted by atomic mass is 35.5. The highest BCUT2D eigenvalue weighted by Crippen LogP contribution is 2.55. The van der Waals surface area contributed by atoms with E-state index in [1.807, 2.05) is 24.3 Å². The molecule has 2 aromatic carbocycles. The quantitative estimate of drug-likeness (QED) is 0.211. The number of hydrogen-bond donors (Lipinski definition) is 0. The van der Waals surface area contributed by atoms with Crippen LogP contribution in [0.2, 0.25) is 10.0 Å². The lowest BCUT2D eigenvalue weighted by Gasteiger charge is -2.52. The number of halogens is 3. The van der Waals surface area contributed by atoms with Crippen LogP contribution in [0.5, 0.6) is 5.19 Å². The fourth-order valence-corrected chi connectivity index (χ4v) is 7.51. The Morgan fingerprint density at radius 2 is 1.71 bits per heavy atom. The second-order valence-electron chi connectivity index (χ2n) is 11.1. The molecule has 4 saturated carbocycles. The number of thiazole rings is 1. The van der Waals surface area contributed by atoms with E-state index >= 15 is 0 Å². The minimum Gasteiger partial charge on any atom is -0.469 e. The van der Waals surface area contributed by atoms with Crippen molar-refractivity contribution in [2.45, 2.75) is 69.5 Å². The van der Waals surface area contributed by atoms with Gasteiger partial charge in [0.2, 0.25) is 0 Å². The summed E-state index contributed by atoms with van der Waals surface area (Å²) in [5, 5.41) is 6.07. The van der Waals surface area contributed by atoms with Crippen LogP contribution < -0.4 is 4.74 Å². The van der Waals surface area contributed by atoms with Crippen LogP contribution in [0, 0.1) is 11.2 Å². The van der Waals surface area contributed by atoms with Gasteiger partial charge in [-0.25, -0.2) is 4.39 Å². The second kappa shape index (κ2) is 9.47. The van der Waals surface area contributed by atoms with Gasteiger partial charge >= 0.3 is 0 Å². The standard InChI is InChI=1S/C29H27Cl2FN2O3S/c30-19-3-1-4-20(31)23(19)24-18(26(37-34-24)17-7-8-17)15-36-29-12-9-28(10-13-29,11-14-29)16-35-27-33-25-21(32)5-2-6-22(25)38-27/h1-6,17H,7-16H2. The summed E-state index contributed by atoms with van der Waals surface area (Å²) in [6.45, 7) is 1.05. The van der Waals surface area contributed by atoms with Crippen LogP contribution in [0.1, 0.15) is 68.6 Å². The Balaban J connectivity index is 1.04. The molecule has 4 aromatic rings. The molecule has 0 amide bonds. The highest BCUT2D eigenvalue weighted by molar-refractivity contribution is 7.20. The van der Waals surface area contributed by atoms with Gasteiger partial charge in [-0.3, -0.25) is 0 Å². The van der Waals surface area contributed by atoms with E-state index in [-0.39, 0.29) is 16.8 Å². The van der Waals surface area contributed by atoms with E-state index < -0.39 is 0 Å². The van der Waals surface area contributed by atoms with E-state index in [0.717, 1.165) is 67.4 Å². The monoisotopic (exact) mass is 572 g/mol. The molecular formula is C29H27Cl2FN2O3S. The molecule has 9 heteroatoms. The van der Waals surface area contributed by atoms with Gasteiger partial charge in [0, 0.05) is 22.5 Å². The van der Waals surface area contributed by atoms with Crippen LogP contribution in [0.4, 0.5) is 4.39 Å². The SMILES string of the molecule is Fc1cccc2sc(OCC34CCC(OCc5c(-c6c(Cl)cccc6Cl)noc5C5CC5)(CC3)CC4)nc12. The van der Waals surface area contributed by atoms with Gasteiger partial charge in [0.1, 0.15) is 22.8 Å². The minimum atomic E-state index is -0.304. The van der Waals surface area contributed by atoms with Crippen LogP contribution in [-0.4, -0.2) is 22.3 Å². The second-order valence-corrected chi connectivity index (χ2v) is 12.9. The number of ether oxygens (including phenoxy) is 2. The van der Waals surface area contributed by atoms with Crippen LogP contribution in [-0.2, 0) is 11.3 Å². The highest BCUT2D eigenvalue weighted by Gasteiger charge is 2.50. The van der Waals surface area contributed by atoms with Crippen molar-refractivity contribution in [2.75, 3.05) is 6.61 Å². The van der Waals surface area contributed by atoms with Crippen LogP contribution in [0.25, 0.3) is 21.5 Å². The molecule has 0 aliphatic heterocycles. The minimum absolute atomic E-state index is 0.119. The van der Waals surface area contributed by atoms with E-state index in [2.05, 4.69) is 10.1 Å². The van der Waals surface area contributed by atoms with Crippen molar-refractivity contribution in [3.8, 4) is 16.5 Å². The summed E-state index contributed by atoms with van der Waals surface area (Å²) in [5.74, 6) is 1.00. The predicted molar refractivity (Wildman–Crippen MR) is 147 cm³/mol. The molecule has 4 aliphatic rings. The van der Waals surface area contributed by atoms with Gasteiger partial charge in [-0.1, -0.05) is 51.8 Å². The van der Waals surface area contributed by atoms with Crippen molar-refractivity contribution in [1.82, 2.24) is 10.1 Å². The lowest BCUT2D eigenvalue weighted by Crippen LogP contribution is -2.49. The van der Waals surface area contributed by atoms with Gasteiger partial charge in [-0.2, -0.15) is 4.98 Å². The number of para-hydroxylation sites is 1. The maximum Gasteiger partial charge on any atom is 0.274 e. The molecule has 0 spiro atoms. The Morgan fingerprint density at radius 3 is 2.39 bits per heavy atom. The predicted octanol–water partition coefficient (Wildman–Crippen LogP) is 8.96. The lowest BCUT2D eigenvalue weighted by atomic mass is 9.59. The number of nitrogens with zero attached hydrogens (tertiary/aromatic N) is 2. The van der Waals surface area contributed by atoms with Crippen molar-refractivity contribution in [1.29, 1.82) is 0 Å². The van der Waals surface area contributed by atoms with Crippen molar-refractivity contribution in [2.24, 2.45) is 5.41 Å². The average Bonchev–Trinajstić information content (AvgIpc) is 3.54. The molecule has 4 fully saturated rings. The van der Waals surface area contributed by atoms with Crippen molar-refractivity contribution < 1.29 is 18.4 Å². The number of hydrogen-bond acceptors (Lipinski definition) is 6. The third kappa shape index (κ3) is 4.41. The smallest absolute Gasteiger partial charge is 0.274 e. The fraction of sp³-hybridized carbons (Fsp3) is 0.448. The zero-order valence-electron chi connectivity index (χ0n) is 20.8. The third-order valence-electron chi connectivity index (χ3n) is 8.67. The molecule has 5 nitrogen and oxygen atoms in total. The molecule has 0 radical (unpaired) electrons. The summed E-state index contributed by atoms with van der Waals surface area (Å²) in [7, 11) is 0. The molecule has 2 aromatic heterocycles. The van der Waals surface area contributed by atoms with Crippen LogP contribution in [0.15, 0.2) is 40.9 Å². The van der Waals surface area contributed by atoms with Crippen LogP contribution in [0.3, 0.4) is 0 Å². The van der Waals surface area contributed by atoms with Gasteiger partial charge in [0.05, 0.1) is 33.6 Å². The zero-order chi connectivity index (χ0) is 25.9. The Hall–Kier alpha value is -2.19. The molecule has 2 bridgehead atoms. The van der Waals surface area contributed by atoms with Gasteiger partial charge in [0.25, 0.3) is 5.19 Å². The van der Waals surface area contributed by atoms with Gasteiger partial charge in [0.15, 0.2) is 0 Å². The normalized spacial score (nSPS) is 24.8. The number of aromatic nitrogens is 2. The van der Waals surface area contributed by atoms with E-state index in [4.69, 9.17) is 37.2 Å². The zero-order valence-corrected chi connectivity index (χ0v) is 23.1. The summed E-state index contributed by atoms with van der Waals surface area (Å²) >= 11 is 14.5. The Labute approximate surface area is 234 Å². The molecule has 0 atom stereocenters. The maximum atomic E-state index is 14.0. The topological polar surface area (TPSA) is 57.4 Å². The van der Waals surface area contributed by atoms with Crippen molar-refractivity contribution in [3.63, 3.8) is 0 Å². The molecule has 4 aliphatic carbocycles. The molecule has 0 N–H and O–H groups in total. The fourth-order valence-electron chi connectivity index (χ4n) is 6.11. The summed E-state index contributed by atoms with van der Waals surface area (Å²) in [6.07, 6.45) is 8.27. The summed E-state index contributed by atoms with van der Waals surface area (Å²) in [6, 6.07) is 10.5. The van der Waals surface area contributed by atoms with Gasteiger partial charge in [-0.15, -0.1) is 0 Å². The number of rotatable bonds is 8.